The van der Waals surface area contributed by atoms with Crippen molar-refractivity contribution in [3.63, 3.8) is 0 Å². The summed E-state index contributed by atoms with van der Waals surface area (Å²) in [6, 6.07) is -1.10. The highest BCUT2D eigenvalue weighted by Crippen LogP contribution is 2.44. The third kappa shape index (κ3) is 15.3. The summed E-state index contributed by atoms with van der Waals surface area (Å²) in [5, 5.41) is 12.2. The van der Waals surface area contributed by atoms with Crippen molar-refractivity contribution in [2.75, 3.05) is 20.8 Å². The number of methoxy groups -OCH3 is 2. The lowest BCUT2D eigenvalue weighted by Gasteiger charge is -2.47. The molecule has 3 heterocycles. The largest absolute Gasteiger partial charge is 0.456 e. The molecule has 1 aliphatic carbocycles. The summed E-state index contributed by atoms with van der Waals surface area (Å²) in [5.74, 6) is -6.74. The topological polar surface area (TPSA) is 156 Å². The standard InChI is InChI=1S/C57H101NO12Si2/c1-21-42-29-36(4)28-37(5)30-48(64-15)51-49(65-16)32-39(7)57(63,68-51)52(60)53(61)58-27-23-22-24-43(58)54(62)67-50(40(8)46(34-44(42)59)70-72(19,20)56(12,13)14)38(6)31-41-25-26-45(47(33-41)66-35(2)3)69-71(17,18)55(9,10)11/h29,31,35,37,39-43,45-51,63H,21-28,30,32-34H2,1-20H3. The summed E-state index contributed by atoms with van der Waals surface area (Å²) in [5.41, 5.74) is 1.89. The van der Waals surface area contributed by atoms with E-state index in [1.165, 1.54) is 4.90 Å². The van der Waals surface area contributed by atoms with Crippen LogP contribution in [0.2, 0.25) is 36.3 Å². The van der Waals surface area contributed by atoms with E-state index in [9.17, 15) is 19.5 Å². The van der Waals surface area contributed by atoms with Crippen LogP contribution in [0.25, 0.3) is 0 Å². The molecule has 13 nitrogen and oxygen atoms in total. The van der Waals surface area contributed by atoms with Gasteiger partial charge in [0.05, 0.1) is 36.6 Å². The molecular formula is C57H101NO12Si2. The summed E-state index contributed by atoms with van der Waals surface area (Å²) in [7, 11) is -1.53. The van der Waals surface area contributed by atoms with Crippen molar-refractivity contribution in [3.8, 4) is 0 Å². The number of nitrogens with zero attached hydrogens (tertiary/aromatic N) is 1. The highest BCUT2D eigenvalue weighted by Gasteiger charge is 2.57. The minimum atomic E-state index is -2.55. The van der Waals surface area contributed by atoms with E-state index in [1.54, 1.807) is 21.1 Å². The number of fused-ring (bicyclic) bond motifs is 3. The van der Waals surface area contributed by atoms with Crippen molar-refractivity contribution in [2.45, 2.75) is 264 Å². The molecule has 14 atom stereocenters. The molecule has 72 heavy (non-hydrogen) atoms. The van der Waals surface area contributed by atoms with Crippen LogP contribution in [-0.2, 0) is 51.7 Å². The van der Waals surface area contributed by atoms with Crippen LogP contribution in [0.4, 0.5) is 0 Å². The SMILES string of the molecule is CCC1C=C(C)CC(C)CC(OC)C2OC(O)(C(=O)C(=O)N3CCCCC3C(=O)OC(C(C)=CC3CCC(O[Si](C)(C)C(C)(C)C)C(OC(C)C)C3)C(C)C(O[Si](C)(C)C(C)(C)C)CC1=O)C(C)CC2OC. The number of aliphatic hydroxyl groups is 1. The molecule has 2 saturated heterocycles. The molecule has 0 aromatic rings. The molecule has 2 bridgehead atoms. The Morgan fingerprint density at radius 2 is 1.42 bits per heavy atom. The molecule has 1 N–H and O–H groups in total. The molecule has 3 fully saturated rings. The zero-order chi connectivity index (χ0) is 54.5. The average Bonchev–Trinajstić information content (AvgIpc) is 3.28. The summed E-state index contributed by atoms with van der Waals surface area (Å²) in [4.78, 5) is 60.5. The van der Waals surface area contributed by atoms with Gasteiger partial charge in [0.15, 0.2) is 16.6 Å². The third-order valence-corrected chi connectivity index (χ3v) is 26.5. The van der Waals surface area contributed by atoms with Crippen molar-refractivity contribution in [1.29, 1.82) is 0 Å². The maximum Gasteiger partial charge on any atom is 0.329 e. The molecule has 4 aliphatic rings. The normalized spacial score (nSPS) is 35.4. The van der Waals surface area contributed by atoms with E-state index < -0.39 is 88.5 Å². The number of ether oxygens (including phenoxy) is 5. The molecule has 1 amide bonds. The quantitative estimate of drug-likeness (QED) is 0.0906. The average molecular weight is 1050 g/mol. The van der Waals surface area contributed by atoms with Crippen LogP contribution >= 0.6 is 0 Å². The second kappa shape index (κ2) is 25.4. The lowest BCUT2D eigenvalue weighted by Crippen LogP contribution is -2.64. The van der Waals surface area contributed by atoms with E-state index in [2.05, 4.69) is 108 Å². The van der Waals surface area contributed by atoms with E-state index in [0.717, 1.165) is 30.4 Å². The molecule has 0 aromatic carbocycles. The van der Waals surface area contributed by atoms with Crippen LogP contribution in [0.1, 0.15) is 168 Å². The van der Waals surface area contributed by atoms with Gasteiger partial charge in [-0.15, -0.1) is 0 Å². The molecule has 0 spiro atoms. The van der Waals surface area contributed by atoms with Crippen LogP contribution in [0.5, 0.6) is 0 Å². The Balaban J connectivity index is 1.89. The van der Waals surface area contributed by atoms with E-state index in [1.807, 2.05) is 20.8 Å². The predicted octanol–water partition coefficient (Wildman–Crippen LogP) is 11.3. The Labute approximate surface area is 438 Å². The van der Waals surface area contributed by atoms with E-state index in [-0.39, 0.29) is 77.7 Å². The Morgan fingerprint density at radius 1 is 0.833 bits per heavy atom. The second-order valence-electron chi connectivity index (χ2n) is 25.8. The van der Waals surface area contributed by atoms with Gasteiger partial charge in [0.25, 0.3) is 11.7 Å². The summed E-state index contributed by atoms with van der Waals surface area (Å²) >= 11 is 0. The van der Waals surface area contributed by atoms with Crippen molar-refractivity contribution in [2.24, 2.45) is 29.6 Å². The number of allylic oxidation sites excluding steroid dienone is 3. The minimum absolute atomic E-state index is 0.00212. The minimum Gasteiger partial charge on any atom is -0.456 e. The van der Waals surface area contributed by atoms with Gasteiger partial charge in [-0.25, -0.2) is 4.79 Å². The zero-order valence-corrected chi connectivity index (χ0v) is 50.6. The third-order valence-electron chi connectivity index (χ3n) is 17.5. The number of hydrogen-bond donors (Lipinski definition) is 1. The first-order valence-corrected chi connectivity index (χ1v) is 33.4. The van der Waals surface area contributed by atoms with Gasteiger partial charge in [-0.2, -0.15) is 0 Å². The summed E-state index contributed by atoms with van der Waals surface area (Å²) in [6.45, 7) is 38.4. The van der Waals surface area contributed by atoms with E-state index in [0.29, 0.717) is 32.1 Å². The lowest BCUT2D eigenvalue weighted by molar-refractivity contribution is -0.302. The van der Waals surface area contributed by atoms with Gasteiger partial charge in [0.2, 0.25) is 5.79 Å². The second-order valence-corrected chi connectivity index (χ2v) is 35.3. The predicted molar refractivity (Wildman–Crippen MR) is 289 cm³/mol. The summed E-state index contributed by atoms with van der Waals surface area (Å²) in [6.07, 6.45) is 6.62. The van der Waals surface area contributed by atoms with E-state index >= 15 is 4.79 Å². The number of carbonyl (C=O) groups is 4. The van der Waals surface area contributed by atoms with Gasteiger partial charge in [-0.3, -0.25) is 14.4 Å². The molecule has 14 unspecified atom stereocenters. The van der Waals surface area contributed by atoms with Crippen LogP contribution in [0.15, 0.2) is 23.3 Å². The monoisotopic (exact) mass is 1050 g/mol. The van der Waals surface area contributed by atoms with Crippen molar-refractivity contribution in [3.05, 3.63) is 23.3 Å². The number of cyclic esters (lactones) is 1. The van der Waals surface area contributed by atoms with E-state index in [4.69, 9.17) is 32.5 Å². The fourth-order valence-electron chi connectivity index (χ4n) is 11.0. The first kappa shape index (κ1) is 62.5. The fourth-order valence-corrected chi connectivity index (χ4v) is 13.8. The van der Waals surface area contributed by atoms with Gasteiger partial charge >= 0.3 is 5.97 Å². The Kier molecular flexibility index (Phi) is 22.0. The number of esters is 1. The van der Waals surface area contributed by atoms with Crippen molar-refractivity contribution >= 4 is 40.1 Å². The highest BCUT2D eigenvalue weighted by atomic mass is 28.4. The fraction of sp³-hybridized carbons (Fsp3) is 0.860. The van der Waals surface area contributed by atoms with Gasteiger partial charge < -0.3 is 42.5 Å². The van der Waals surface area contributed by atoms with Gasteiger partial charge in [-0.1, -0.05) is 87.0 Å². The number of rotatable bonds is 11. The molecule has 4 rings (SSSR count). The number of hydrogen-bond acceptors (Lipinski definition) is 12. The molecule has 1 saturated carbocycles. The molecule has 0 aromatic heterocycles. The van der Waals surface area contributed by atoms with Crippen molar-refractivity contribution < 1.29 is 56.8 Å². The first-order valence-electron chi connectivity index (χ1n) is 27.6. The number of Topliss-reactive ketones (excluding diaryl/α,β-unsaturated/α-hetero) is 2. The number of carbonyl (C=O) groups excluding carboxylic acids is 4. The maximum atomic E-state index is 15.1. The van der Waals surface area contributed by atoms with Crippen LogP contribution in [0.3, 0.4) is 0 Å². The number of amides is 1. The first-order chi connectivity index (χ1) is 33.2. The summed E-state index contributed by atoms with van der Waals surface area (Å²) < 4.78 is 46.1. The Morgan fingerprint density at radius 3 is 1.97 bits per heavy atom. The molecule has 414 valence electrons. The smallest absolute Gasteiger partial charge is 0.329 e. The van der Waals surface area contributed by atoms with Crippen LogP contribution in [-0.4, -0.2) is 132 Å². The van der Waals surface area contributed by atoms with Crippen molar-refractivity contribution in [1.82, 2.24) is 4.90 Å². The zero-order valence-electron chi connectivity index (χ0n) is 48.6. The van der Waals surface area contributed by atoms with Crippen LogP contribution in [0, 0.1) is 29.6 Å². The van der Waals surface area contributed by atoms with Gasteiger partial charge in [0, 0.05) is 44.9 Å². The number of piperidine rings is 1. The highest BCUT2D eigenvalue weighted by molar-refractivity contribution is 6.74. The Bertz CT molecular complexity index is 1900. The molecule has 15 heteroatoms. The van der Waals surface area contributed by atoms with Gasteiger partial charge in [-0.05, 0) is 146 Å². The van der Waals surface area contributed by atoms with Crippen LogP contribution < -0.4 is 0 Å². The molecule has 3 aliphatic heterocycles. The van der Waals surface area contributed by atoms with Gasteiger partial charge in [0.1, 0.15) is 24.0 Å². The number of ketones is 2. The Hall–Kier alpha value is -2.09. The molecular weight excluding hydrogens is 947 g/mol. The molecule has 0 radical (unpaired) electrons. The maximum absolute atomic E-state index is 15.1. The lowest BCUT2D eigenvalue weighted by atomic mass is 9.81.